The molecule has 29 heavy (non-hydrogen) atoms. The van der Waals surface area contributed by atoms with E-state index < -0.39 is 6.04 Å². The molecule has 1 atom stereocenters. The van der Waals surface area contributed by atoms with Gasteiger partial charge in [-0.3, -0.25) is 19.7 Å². The number of piperidine rings is 1. The van der Waals surface area contributed by atoms with Crippen LogP contribution in [0.3, 0.4) is 0 Å². The van der Waals surface area contributed by atoms with Crippen molar-refractivity contribution in [2.75, 3.05) is 0 Å². The number of imide groups is 1. The van der Waals surface area contributed by atoms with Gasteiger partial charge in [-0.15, -0.1) is 11.3 Å². The first-order valence-electron chi connectivity index (χ1n) is 9.52. The average molecular weight is 402 g/mol. The Morgan fingerprint density at radius 3 is 2.55 bits per heavy atom. The first-order valence-corrected chi connectivity index (χ1v) is 10.4. The second kappa shape index (κ2) is 6.97. The van der Waals surface area contributed by atoms with Crippen molar-refractivity contribution in [2.45, 2.75) is 25.4 Å². The minimum absolute atomic E-state index is 0.143. The number of carbonyl (C=O) groups is 3. The predicted octanol–water partition coefficient (Wildman–Crippen LogP) is 3.84. The Hall–Kier alpha value is -3.25. The van der Waals surface area contributed by atoms with Gasteiger partial charge in [0.15, 0.2) is 0 Å². The normalized spacial score (nSPS) is 18.7. The quantitative estimate of drug-likeness (QED) is 0.677. The van der Waals surface area contributed by atoms with Crippen LogP contribution in [0.25, 0.3) is 21.6 Å². The van der Waals surface area contributed by atoms with E-state index in [0.29, 0.717) is 18.5 Å². The molecule has 0 saturated carbocycles. The SMILES string of the molecule is O=C1CCC(N2Cc3cc(-c4sccc4-c4ccccc4)ccc3C2=O)C(=O)N1. The zero-order valence-electron chi connectivity index (χ0n) is 15.6. The van der Waals surface area contributed by atoms with Crippen LogP contribution in [-0.2, 0) is 16.1 Å². The summed E-state index contributed by atoms with van der Waals surface area (Å²) in [6.07, 6.45) is 0.637. The molecule has 3 aromatic rings. The highest BCUT2D eigenvalue weighted by Crippen LogP contribution is 2.39. The number of benzene rings is 2. The van der Waals surface area contributed by atoms with E-state index in [4.69, 9.17) is 0 Å². The number of rotatable bonds is 3. The molecule has 0 spiro atoms. The summed E-state index contributed by atoms with van der Waals surface area (Å²) >= 11 is 1.67. The number of fused-ring (bicyclic) bond motifs is 1. The lowest BCUT2D eigenvalue weighted by molar-refractivity contribution is -0.136. The molecule has 0 radical (unpaired) electrons. The molecule has 144 valence electrons. The van der Waals surface area contributed by atoms with Crippen LogP contribution in [0.1, 0.15) is 28.8 Å². The molecular weight excluding hydrogens is 384 g/mol. The van der Waals surface area contributed by atoms with Crippen molar-refractivity contribution in [3.63, 3.8) is 0 Å². The van der Waals surface area contributed by atoms with Gasteiger partial charge in [0.05, 0.1) is 0 Å². The van der Waals surface area contributed by atoms with Crippen molar-refractivity contribution in [3.05, 3.63) is 71.1 Å². The molecule has 1 aromatic heterocycles. The fourth-order valence-corrected chi connectivity index (χ4v) is 5.01. The van der Waals surface area contributed by atoms with Crippen LogP contribution >= 0.6 is 11.3 Å². The van der Waals surface area contributed by atoms with Gasteiger partial charge >= 0.3 is 0 Å². The lowest BCUT2D eigenvalue weighted by atomic mass is 10.00. The minimum atomic E-state index is -0.585. The third-order valence-electron chi connectivity index (χ3n) is 5.54. The Morgan fingerprint density at radius 1 is 0.931 bits per heavy atom. The smallest absolute Gasteiger partial charge is 0.255 e. The van der Waals surface area contributed by atoms with E-state index in [1.807, 2.05) is 30.3 Å². The number of nitrogens with one attached hydrogen (secondary N) is 1. The Bertz CT molecular complexity index is 1140. The summed E-state index contributed by atoms with van der Waals surface area (Å²) in [5, 5.41) is 4.42. The second-order valence-corrected chi connectivity index (χ2v) is 8.22. The van der Waals surface area contributed by atoms with Gasteiger partial charge in [0.1, 0.15) is 6.04 Å². The molecule has 3 heterocycles. The van der Waals surface area contributed by atoms with Crippen LogP contribution < -0.4 is 5.32 Å². The van der Waals surface area contributed by atoms with Gasteiger partial charge in [0.2, 0.25) is 11.8 Å². The van der Waals surface area contributed by atoms with Crippen LogP contribution in [0.5, 0.6) is 0 Å². The molecule has 5 rings (SSSR count). The van der Waals surface area contributed by atoms with Crippen LogP contribution in [0.15, 0.2) is 60.0 Å². The largest absolute Gasteiger partial charge is 0.322 e. The van der Waals surface area contributed by atoms with Gasteiger partial charge in [-0.25, -0.2) is 0 Å². The molecule has 1 N–H and O–H groups in total. The standard InChI is InChI=1S/C23H18N2O3S/c26-20-9-8-19(22(27)24-20)25-13-16-12-15(6-7-18(16)23(25)28)21-17(10-11-29-21)14-4-2-1-3-5-14/h1-7,10-12,19H,8-9,13H2,(H,24,26,27). The average Bonchev–Trinajstić information content (AvgIpc) is 3.34. The van der Waals surface area contributed by atoms with Crippen LogP contribution in [-0.4, -0.2) is 28.7 Å². The van der Waals surface area contributed by atoms with Crippen molar-refractivity contribution in [1.82, 2.24) is 10.2 Å². The fraction of sp³-hybridized carbons (Fsp3) is 0.174. The zero-order chi connectivity index (χ0) is 20.0. The van der Waals surface area contributed by atoms with Gasteiger partial charge < -0.3 is 4.90 Å². The molecule has 2 aromatic carbocycles. The highest BCUT2D eigenvalue weighted by Gasteiger charge is 2.39. The summed E-state index contributed by atoms with van der Waals surface area (Å²) in [5.41, 5.74) is 4.95. The molecule has 3 amide bonds. The first-order chi connectivity index (χ1) is 14.1. The van der Waals surface area contributed by atoms with Crippen molar-refractivity contribution in [1.29, 1.82) is 0 Å². The highest BCUT2D eigenvalue weighted by molar-refractivity contribution is 7.14. The second-order valence-electron chi connectivity index (χ2n) is 7.30. The minimum Gasteiger partial charge on any atom is -0.322 e. The zero-order valence-corrected chi connectivity index (χ0v) is 16.4. The summed E-state index contributed by atoms with van der Waals surface area (Å²) in [5.74, 6) is -0.799. The third kappa shape index (κ3) is 3.06. The predicted molar refractivity (Wildman–Crippen MR) is 111 cm³/mol. The van der Waals surface area contributed by atoms with Crippen molar-refractivity contribution in [3.8, 4) is 21.6 Å². The topological polar surface area (TPSA) is 66.5 Å². The van der Waals surface area contributed by atoms with Gasteiger partial charge in [-0.05, 0) is 46.7 Å². The molecule has 1 unspecified atom stereocenters. The van der Waals surface area contributed by atoms with E-state index in [9.17, 15) is 14.4 Å². The van der Waals surface area contributed by atoms with E-state index in [1.54, 1.807) is 16.2 Å². The molecule has 6 heteroatoms. The van der Waals surface area contributed by atoms with E-state index in [2.05, 4.69) is 35.0 Å². The molecule has 0 bridgehead atoms. The number of thiophene rings is 1. The molecule has 1 fully saturated rings. The molecule has 5 nitrogen and oxygen atoms in total. The van der Waals surface area contributed by atoms with Crippen molar-refractivity contribution < 1.29 is 14.4 Å². The highest BCUT2D eigenvalue weighted by atomic mass is 32.1. The molecule has 1 saturated heterocycles. The number of hydrogen-bond acceptors (Lipinski definition) is 4. The Morgan fingerprint density at radius 2 is 1.76 bits per heavy atom. The van der Waals surface area contributed by atoms with E-state index in [0.717, 1.165) is 21.6 Å². The lowest BCUT2D eigenvalue weighted by Crippen LogP contribution is -2.52. The number of hydrogen-bond donors (Lipinski definition) is 1. The molecule has 0 aliphatic carbocycles. The van der Waals surface area contributed by atoms with Crippen LogP contribution in [0.2, 0.25) is 0 Å². The summed E-state index contributed by atoms with van der Waals surface area (Å²) in [4.78, 5) is 39.3. The third-order valence-corrected chi connectivity index (χ3v) is 6.50. The van der Waals surface area contributed by atoms with Gasteiger partial charge in [-0.2, -0.15) is 0 Å². The Kier molecular flexibility index (Phi) is 4.28. The molecule has 2 aliphatic heterocycles. The number of amides is 3. The summed E-state index contributed by atoms with van der Waals surface area (Å²) < 4.78 is 0. The first kappa shape index (κ1) is 17.8. The van der Waals surface area contributed by atoms with E-state index in [-0.39, 0.29) is 24.1 Å². The fourth-order valence-electron chi connectivity index (χ4n) is 4.09. The van der Waals surface area contributed by atoms with Gasteiger partial charge in [0.25, 0.3) is 5.91 Å². The van der Waals surface area contributed by atoms with Crippen LogP contribution in [0.4, 0.5) is 0 Å². The molecular formula is C23H18N2O3S. The summed E-state index contributed by atoms with van der Waals surface area (Å²) in [6, 6.07) is 17.6. The van der Waals surface area contributed by atoms with Crippen molar-refractivity contribution >= 4 is 29.1 Å². The van der Waals surface area contributed by atoms with Crippen LogP contribution in [0, 0.1) is 0 Å². The van der Waals surface area contributed by atoms with E-state index >= 15 is 0 Å². The van der Waals surface area contributed by atoms with E-state index in [1.165, 1.54) is 5.56 Å². The summed E-state index contributed by atoms with van der Waals surface area (Å²) in [6.45, 7) is 0.389. The van der Waals surface area contributed by atoms with Gasteiger partial charge in [-0.1, -0.05) is 36.4 Å². The number of nitrogens with zero attached hydrogens (tertiary/aromatic N) is 1. The maximum Gasteiger partial charge on any atom is 0.255 e. The monoisotopic (exact) mass is 402 g/mol. The maximum absolute atomic E-state index is 12.9. The number of carbonyl (C=O) groups excluding carboxylic acids is 3. The van der Waals surface area contributed by atoms with Gasteiger partial charge in [0, 0.05) is 29.0 Å². The summed E-state index contributed by atoms with van der Waals surface area (Å²) in [7, 11) is 0. The maximum atomic E-state index is 12.9. The van der Waals surface area contributed by atoms with Crippen molar-refractivity contribution in [2.24, 2.45) is 0 Å². The lowest BCUT2D eigenvalue weighted by Gasteiger charge is -2.29. The Balaban J connectivity index is 1.47. The Labute approximate surface area is 172 Å². The molecule has 2 aliphatic rings.